The maximum Gasteiger partial charge on any atom is 0.450 e. The Hall–Kier alpha value is -5.29. The number of esters is 1. The summed E-state index contributed by atoms with van der Waals surface area (Å²) in [5.41, 5.74) is 7.96. The Morgan fingerprint density at radius 2 is 1.22 bits per heavy atom. The second-order valence-corrected chi connectivity index (χ2v) is 12.8. The van der Waals surface area contributed by atoms with Crippen LogP contribution >= 0.6 is 0 Å². The normalized spacial score (nSPS) is 16.3. The Balaban J connectivity index is 1.45. The number of ether oxygens (including phenoxy) is 3. The number of carbonyl (C=O) groups is 1. The van der Waals surface area contributed by atoms with Gasteiger partial charge in [0.05, 0.1) is 11.1 Å². The van der Waals surface area contributed by atoms with Gasteiger partial charge in [0, 0.05) is 40.3 Å². The molecule has 2 aliphatic rings. The molecule has 0 radical (unpaired) electrons. The van der Waals surface area contributed by atoms with Gasteiger partial charge >= 0.3 is 11.9 Å². The summed E-state index contributed by atoms with van der Waals surface area (Å²) in [6.45, 7) is 10.3. The third kappa shape index (κ3) is 3.91. The fourth-order valence-corrected chi connectivity index (χ4v) is 7.49. The minimum absolute atomic E-state index is 0.00482. The van der Waals surface area contributed by atoms with E-state index in [0.717, 1.165) is 66.0 Å². The highest BCUT2D eigenvalue weighted by atomic mass is 16.9. The Morgan fingerprint density at radius 1 is 0.696 bits per heavy atom. The minimum Gasteiger partial charge on any atom is -0.416 e. The van der Waals surface area contributed by atoms with Crippen LogP contribution in [0.3, 0.4) is 0 Å². The third-order valence-corrected chi connectivity index (χ3v) is 9.52. The maximum atomic E-state index is 14.4. The van der Waals surface area contributed by atoms with E-state index in [0.29, 0.717) is 22.6 Å². The van der Waals surface area contributed by atoms with E-state index in [2.05, 4.69) is 68.8 Å². The van der Waals surface area contributed by atoms with E-state index < -0.39 is 11.9 Å². The van der Waals surface area contributed by atoms with E-state index in [9.17, 15) is 4.79 Å². The quantitative estimate of drug-likeness (QED) is 0.146. The van der Waals surface area contributed by atoms with Crippen molar-refractivity contribution in [3.05, 3.63) is 125 Å². The number of para-hydroxylation sites is 1. The van der Waals surface area contributed by atoms with Gasteiger partial charge in [-0.1, -0.05) is 98.3 Å². The number of carbonyl (C=O) groups excluding carboxylic acids is 1. The molecule has 1 spiro atoms. The van der Waals surface area contributed by atoms with Gasteiger partial charge in [-0.15, -0.1) is 0 Å². The van der Waals surface area contributed by atoms with Crippen molar-refractivity contribution in [2.75, 3.05) is 0 Å². The number of hydrogen-bond acceptors (Lipinski definition) is 4. The van der Waals surface area contributed by atoms with Crippen molar-refractivity contribution in [3.63, 3.8) is 0 Å². The van der Waals surface area contributed by atoms with Crippen LogP contribution in [0.2, 0.25) is 0 Å². The second kappa shape index (κ2) is 10.1. The molecule has 0 N–H and O–H groups in total. The molecule has 3 heterocycles. The van der Waals surface area contributed by atoms with Gasteiger partial charge in [-0.25, -0.2) is 4.79 Å². The molecule has 0 saturated carbocycles. The first-order chi connectivity index (χ1) is 22.2. The predicted molar refractivity (Wildman–Crippen MR) is 185 cm³/mol. The van der Waals surface area contributed by atoms with Crippen molar-refractivity contribution < 1.29 is 19.0 Å². The highest BCUT2D eigenvalue weighted by Gasteiger charge is 2.58. The summed E-state index contributed by atoms with van der Waals surface area (Å²) in [5, 5.41) is 5.33. The Labute approximate surface area is 268 Å². The molecule has 2 aliphatic heterocycles. The van der Waals surface area contributed by atoms with E-state index in [1.165, 1.54) is 0 Å². The molecule has 0 aliphatic carbocycles. The number of hydrogen-bond donors (Lipinski definition) is 0. The van der Waals surface area contributed by atoms with Gasteiger partial charge in [0.1, 0.15) is 11.5 Å². The van der Waals surface area contributed by atoms with Crippen LogP contribution in [-0.2, 0) is 16.6 Å². The third-order valence-electron chi connectivity index (χ3n) is 9.52. The first kappa shape index (κ1) is 28.2. The van der Waals surface area contributed by atoms with E-state index in [4.69, 9.17) is 14.2 Å². The summed E-state index contributed by atoms with van der Waals surface area (Å²) in [7, 11) is 2.07. The summed E-state index contributed by atoms with van der Waals surface area (Å²) >= 11 is 0. The van der Waals surface area contributed by atoms with E-state index in [-0.39, 0.29) is 5.92 Å². The van der Waals surface area contributed by atoms with Crippen LogP contribution in [0.25, 0.3) is 49.1 Å². The molecule has 0 bridgehead atoms. The van der Waals surface area contributed by atoms with Gasteiger partial charge in [-0.3, -0.25) is 0 Å². The lowest BCUT2D eigenvalue weighted by atomic mass is 9.85. The predicted octanol–water partition coefficient (Wildman–Crippen LogP) is 9.89. The summed E-state index contributed by atoms with van der Waals surface area (Å²) in [6.07, 6.45) is 0. The lowest BCUT2D eigenvalue weighted by molar-refractivity contribution is -0.244. The summed E-state index contributed by atoms with van der Waals surface area (Å²) < 4.78 is 22.5. The molecule has 0 atom stereocenters. The molecule has 0 unspecified atom stereocenters. The van der Waals surface area contributed by atoms with Crippen molar-refractivity contribution >= 4 is 44.0 Å². The Morgan fingerprint density at radius 3 is 1.76 bits per heavy atom. The van der Waals surface area contributed by atoms with Gasteiger partial charge in [0.2, 0.25) is 0 Å². The SMILES string of the molecule is CC(C)=C1/C(=C(/c2c(C)n(C)c3ccccc23)C(C)C)C(=O)OC12Oc1ccc3ccccc3c1-c1c(ccc3ccccc13)O2. The first-order valence-electron chi connectivity index (χ1n) is 15.8. The van der Waals surface area contributed by atoms with Crippen LogP contribution < -0.4 is 9.47 Å². The van der Waals surface area contributed by atoms with Gasteiger partial charge in [0.15, 0.2) is 0 Å². The van der Waals surface area contributed by atoms with Gasteiger partial charge in [-0.05, 0) is 72.0 Å². The van der Waals surface area contributed by atoms with Crippen LogP contribution in [0, 0.1) is 12.8 Å². The topological polar surface area (TPSA) is 49.7 Å². The molecule has 6 aromatic rings. The Kier molecular flexibility index (Phi) is 6.20. The lowest BCUT2D eigenvalue weighted by Gasteiger charge is -2.29. The van der Waals surface area contributed by atoms with Crippen molar-refractivity contribution in [1.29, 1.82) is 0 Å². The zero-order valence-corrected chi connectivity index (χ0v) is 26.9. The monoisotopic (exact) mass is 605 g/mol. The average molecular weight is 606 g/mol. The van der Waals surface area contributed by atoms with Gasteiger partial charge < -0.3 is 18.8 Å². The number of allylic oxidation sites excluding steroid dienone is 2. The molecular weight excluding hydrogens is 570 g/mol. The molecule has 1 fully saturated rings. The van der Waals surface area contributed by atoms with Crippen LogP contribution in [0.5, 0.6) is 11.5 Å². The van der Waals surface area contributed by atoms with Crippen LogP contribution in [0.15, 0.2) is 114 Å². The molecule has 1 saturated heterocycles. The zero-order chi connectivity index (χ0) is 31.9. The molecule has 5 nitrogen and oxygen atoms in total. The van der Waals surface area contributed by atoms with Gasteiger partial charge in [-0.2, -0.15) is 0 Å². The number of nitrogens with zero attached hydrogens (tertiary/aromatic N) is 1. The molecule has 8 rings (SSSR count). The van der Waals surface area contributed by atoms with Crippen LogP contribution in [0.4, 0.5) is 0 Å². The standard InChI is InChI=1S/C41H35NO4/c1-23(2)34(35-25(5)42(6)31-18-12-11-17-30(31)35)38-39(24(3)4)41(46-40(38)43)44-32-21-19-26-13-7-9-15-28(26)36(32)37-29-16-10-8-14-27(29)20-22-33(37)45-41/h7-23H,1-6H3/b38-34-. The molecule has 0 amide bonds. The highest BCUT2D eigenvalue weighted by molar-refractivity contribution is 6.12. The van der Waals surface area contributed by atoms with Crippen LogP contribution in [-0.4, -0.2) is 16.5 Å². The number of aromatic nitrogens is 1. The van der Waals surface area contributed by atoms with E-state index in [1.807, 2.05) is 74.5 Å². The highest BCUT2D eigenvalue weighted by Crippen LogP contribution is 2.54. The molecule has 46 heavy (non-hydrogen) atoms. The van der Waals surface area contributed by atoms with Crippen molar-refractivity contribution in [1.82, 2.24) is 4.57 Å². The van der Waals surface area contributed by atoms with E-state index >= 15 is 0 Å². The lowest BCUT2D eigenvalue weighted by Crippen LogP contribution is -2.43. The van der Waals surface area contributed by atoms with Crippen molar-refractivity contribution in [2.45, 2.75) is 40.6 Å². The van der Waals surface area contributed by atoms with Crippen LogP contribution in [0.1, 0.15) is 39.0 Å². The van der Waals surface area contributed by atoms with E-state index in [1.54, 1.807) is 0 Å². The number of benzene rings is 5. The fraction of sp³-hybridized carbons (Fsp3) is 0.195. The van der Waals surface area contributed by atoms with Crippen molar-refractivity contribution in [2.24, 2.45) is 13.0 Å². The minimum atomic E-state index is -1.82. The van der Waals surface area contributed by atoms with Gasteiger partial charge in [0.25, 0.3) is 0 Å². The molecular formula is C41H35NO4. The van der Waals surface area contributed by atoms with Crippen molar-refractivity contribution in [3.8, 4) is 22.6 Å². The smallest absolute Gasteiger partial charge is 0.416 e. The summed E-state index contributed by atoms with van der Waals surface area (Å²) in [5.74, 6) is -1.11. The number of aryl methyl sites for hydroxylation is 1. The molecule has 228 valence electrons. The molecule has 5 aromatic carbocycles. The fourth-order valence-electron chi connectivity index (χ4n) is 7.49. The average Bonchev–Trinajstić information content (AvgIpc) is 3.39. The summed E-state index contributed by atoms with van der Waals surface area (Å²) in [6, 6.07) is 32.9. The zero-order valence-electron chi connectivity index (χ0n) is 26.9. The molecule has 5 heteroatoms. The Bertz CT molecular complexity index is 2240. The summed E-state index contributed by atoms with van der Waals surface area (Å²) in [4.78, 5) is 14.4. The second-order valence-electron chi connectivity index (χ2n) is 12.8. The largest absolute Gasteiger partial charge is 0.450 e. The first-order valence-corrected chi connectivity index (χ1v) is 15.8. The number of rotatable bonds is 2. The molecule has 1 aromatic heterocycles. The number of fused-ring (bicyclic) bond motifs is 8. The maximum absolute atomic E-state index is 14.4.